The normalized spacial score (nSPS) is 12.4. The summed E-state index contributed by atoms with van der Waals surface area (Å²) < 4.78 is 7.12. The second kappa shape index (κ2) is 31.7. The number of aromatic nitrogens is 2. The van der Waals surface area contributed by atoms with Crippen molar-refractivity contribution in [2.24, 2.45) is 0 Å². The van der Waals surface area contributed by atoms with Gasteiger partial charge >= 0.3 is 0 Å². The highest BCUT2D eigenvalue weighted by molar-refractivity contribution is 9.11. The molecule has 0 saturated heterocycles. The quantitative estimate of drug-likeness (QED) is 0.148. The van der Waals surface area contributed by atoms with Crippen LogP contribution in [0.5, 0.6) is 0 Å². The van der Waals surface area contributed by atoms with Crippen LogP contribution >= 0.6 is 31.9 Å². The Morgan fingerprint density at radius 1 is 0.218 bits per heavy atom. The van der Waals surface area contributed by atoms with Gasteiger partial charge in [-0.25, -0.2) is 0 Å². The first kappa shape index (κ1) is 81.3. The van der Waals surface area contributed by atoms with Crippen LogP contribution in [-0.2, 0) is 32.5 Å². The molecule has 0 aliphatic rings. The molecule has 1 N–H and O–H groups in total. The van der Waals surface area contributed by atoms with E-state index in [0.29, 0.717) is 0 Å². The summed E-state index contributed by atoms with van der Waals surface area (Å²) >= 11 is 7.65. The number of nitrogens with one attached hydrogen (secondary N) is 1. The first-order chi connectivity index (χ1) is 56.7. The summed E-state index contributed by atoms with van der Waals surface area (Å²) in [4.78, 5) is 4.95. The molecule has 0 spiro atoms. The summed E-state index contributed by atoms with van der Waals surface area (Å²) in [6, 6.07) is 121. The molecular formula is C112H109Br2N5. The molecule has 0 aliphatic heterocycles. The number of fused-ring (bicyclic) bond motifs is 14. The Morgan fingerprint density at radius 3 is 0.664 bits per heavy atom. The monoisotopic (exact) mass is 1680 g/mol. The molecule has 0 aliphatic carbocycles. The highest BCUT2D eigenvalue weighted by Crippen LogP contribution is 2.52. The van der Waals surface area contributed by atoms with Crippen LogP contribution in [0.25, 0.3) is 98.1 Å². The SMILES string of the molecule is Brc1cc2c(c3ccccc13)c1c3ccccc3c(Br)cc1n2-c1ccccc1.CC(C)(C)c1ccc(N(c2ccc(C(C)(C)C)cc2)c2cc3c(c4ccccc24)c2c4ccccc4c(N(c4ccc(C(C)(C)C)cc4)c4ccc(C(C)(C)C)cc4)cc2n3-c2ccccc2)cc1.CC(C)(C)c1ccc(Nc2ccc(C(C)(C)C)cc2)cc1. The Morgan fingerprint density at radius 2 is 0.420 bits per heavy atom. The van der Waals surface area contributed by atoms with Crippen LogP contribution in [0, 0.1) is 0 Å². The lowest BCUT2D eigenvalue weighted by Gasteiger charge is -2.29. The maximum atomic E-state index is 3.82. The van der Waals surface area contributed by atoms with Crippen molar-refractivity contribution < 1.29 is 0 Å². The van der Waals surface area contributed by atoms with E-state index in [1.54, 1.807) is 0 Å². The molecular weight excluding hydrogens is 1580 g/mol. The van der Waals surface area contributed by atoms with Gasteiger partial charge in [0.15, 0.2) is 0 Å². The zero-order valence-corrected chi connectivity index (χ0v) is 75.4. The number of para-hydroxylation sites is 2. The Balaban J connectivity index is 0.000000170. The molecule has 0 bridgehead atoms. The van der Waals surface area contributed by atoms with Gasteiger partial charge in [-0.1, -0.05) is 363 Å². The number of hydrogen-bond acceptors (Lipinski definition) is 3. The van der Waals surface area contributed by atoms with Crippen LogP contribution in [0.15, 0.2) is 337 Å². The molecule has 0 amide bonds. The lowest BCUT2D eigenvalue weighted by molar-refractivity contribution is 0.590. The van der Waals surface area contributed by atoms with Crippen molar-refractivity contribution in [1.82, 2.24) is 9.13 Å². The lowest BCUT2D eigenvalue weighted by atomic mass is 9.86. The van der Waals surface area contributed by atoms with E-state index < -0.39 is 0 Å². The van der Waals surface area contributed by atoms with Gasteiger partial charge in [-0.3, -0.25) is 0 Å². The van der Waals surface area contributed by atoms with Crippen LogP contribution in [0.2, 0.25) is 0 Å². The van der Waals surface area contributed by atoms with Crippen molar-refractivity contribution >= 4 is 164 Å². The fourth-order valence-electron chi connectivity index (χ4n) is 17.0. The third kappa shape index (κ3) is 16.1. The van der Waals surface area contributed by atoms with Crippen molar-refractivity contribution in [3.8, 4) is 11.4 Å². The van der Waals surface area contributed by atoms with Gasteiger partial charge < -0.3 is 24.3 Å². The molecule has 7 heteroatoms. The van der Waals surface area contributed by atoms with Crippen LogP contribution in [0.4, 0.5) is 45.5 Å². The number of rotatable bonds is 10. The maximum absolute atomic E-state index is 3.82. The van der Waals surface area contributed by atoms with Gasteiger partial charge in [0.1, 0.15) is 0 Å². The van der Waals surface area contributed by atoms with Crippen molar-refractivity contribution in [2.45, 2.75) is 157 Å². The second-order valence-electron chi connectivity index (χ2n) is 38.2. The first-order valence-electron chi connectivity index (χ1n) is 41.9. The highest BCUT2D eigenvalue weighted by Gasteiger charge is 2.29. The van der Waals surface area contributed by atoms with Crippen LogP contribution in [-0.4, -0.2) is 9.13 Å². The molecule has 0 radical (unpaired) electrons. The topological polar surface area (TPSA) is 28.4 Å². The maximum Gasteiger partial charge on any atom is 0.0568 e. The van der Waals surface area contributed by atoms with Crippen molar-refractivity contribution in [3.05, 3.63) is 370 Å². The van der Waals surface area contributed by atoms with Gasteiger partial charge in [0.05, 0.1) is 33.4 Å². The fraction of sp³-hybridized carbons (Fsp3) is 0.214. The molecule has 18 rings (SSSR count). The van der Waals surface area contributed by atoms with Crippen LogP contribution < -0.4 is 15.1 Å². The minimum Gasteiger partial charge on any atom is -0.356 e. The summed E-state index contributed by atoms with van der Waals surface area (Å²) in [5.41, 5.74) is 24.5. The molecule has 596 valence electrons. The minimum absolute atomic E-state index is 0.0307. The van der Waals surface area contributed by atoms with E-state index in [0.717, 1.165) is 76.9 Å². The highest BCUT2D eigenvalue weighted by atomic mass is 79.9. The summed E-state index contributed by atoms with van der Waals surface area (Å²) in [6.45, 7) is 40.9. The number of benzene rings is 16. The minimum atomic E-state index is 0.0307. The molecule has 119 heavy (non-hydrogen) atoms. The van der Waals surface area contributed by atoms with Gasteiger partial charge in [-0.05, 0) is 220 Å². The lowest BCUT2D eigenvalue weighted by Crippen LogP contribution is -2.14. The average Bonchev–Trinajstić information content (AvgIpc) is 1.56. The summed E-state index contributed by atoms with van der Waals surface area (Å²) in [6.07, 6.45) is 0. The molecule has 2 aromatic heterocycles. The Hall–Kier alpha value is -11.5. The average molecular weight is 1680 g/mol. The van der Waals surface area contributed by atoms with Crippen molar-refractivity contribution in [1.29, 1.82) is 0 Å². The number of halogens is 2. The fourth-order valence-corrected chi connectivity index (χ4v) is 18.1. The van der Waals surface area contributed by atoms with E-state index in [1.165, 1.54) is 109 Å². The van der Waals surface area contributed by atoms with E-state index in [2.05, 4.69) is 508 Å². The largest absolute Gasteiger partial charge is 0.356 e. The smallest absolute Gasteiger partial charge is 0.0568 e. The van der Waals surface area contributed by atoms with Crippen LogP contribution in [0.1, 0.15) is 158 Å². The third-order valence-corrected chi connectivity index (χ3v) is 25.0. The van der Waals surface area contributed by atoms with Gasteiger partial charge in [0.25, 0.3) is 0 Å². The van der Waals surface area contributed by atoms with E-state index in [9.17, 15) is 0 Å². The molecule has 16 aromatic carbocycles. The molecule has 5 nitrogen and oxygen atoms in total. The predicted molar refractivity (Wildman–Crippen MR) is 525 cm³/mol. The third-order valence-electron chi connectivity index (χ3n) is 23.7. The number of hydrogen-bond donors (Lipinski definition) is 1. The zero-order valence-electron chi connectivity index (χ0n) is 72.2. The van der Waals surface area contributed by atoms with E-state index >= 15 is 0 Å². The van der Waals surface area contributed by atoms with Gasteiger partial charge in [0, 0.05) is 86.8 Å². The van der Waals surface area contributed by atoms with E-state index in [4.69, 9.17) is 0 Å². The summed E-state index contributed by atoms with van der Waals surface area (Å²) in [5, 5.41) is 18.4. The molecule has 2 heterocycles. The Bertz CT molecular complexity index is 6270. The summed E-state index contributed by atoms with van der Waals surface area (Å²) in [5.74, 6) is 0. The molecule has 0 saturated carbocycles. The molecule has 18 aromatic rings. The first-order valence-corrected chi connectivity index (χ1v) is 43.5. The number of nitrogens with zero attached hydrogens (tertiary/aromatic N) is 4. The van der Waals surface area contributed by atoms with Gasteiger partial charge in [0.2, 0.25) is 0 Å². The standard InChI is InChI=1S/C66H67N3.C26H15Br2N.C20H27N/c1-63(2,3)44-26-34-49(35-27-44)67(50-36-28-45(29-37-50)64(4,5)6)57-42-59-61(55-24-18-16-22-53(55)57)62-56-25-19-17-23-54(56)58(43-60(62)69(59)48-20-14-13-15-21-48)68(51-38-30-46(31-39-51)65(7,8)9)52-40-32-47(33-41-52)66(10,11)12;27-21-14-23-25(19-12-6-4-10-17(19)21)26-20-13-7-5-11-18(20)22(28)15-24(26)29(23)16-8-2-1-3-9-16;1-19(2,3)15-7-11-17(12-8-15)21-18-13-9-16(10-14-18)20(4,5)6/h13-43H,1-12H3;1-15H;7-14,21H,1-6H3. The Labute approximate surface area is 721 Å². The van der Waals surface area contributed by atoms with E-state index in [-0.39, 0.29) is 32.5 Å². The zero-order chi connectivity index (χ0) is 83.8. The molecule has 0 unspecified atom stereocenters. The van der Waals surface area contributed by atoms with Crippen molar-refractivity contribution in [2.75, 3.05) is 15.1 Å². The molecule has 0 atom stereocenters. The second-order valence-corrected chi connectivity index (χ2v) is 40.0. The van der Waals surface area contributed by atoms with E-state index in [1.807, 2.05) is 0 Å². The summed E-state index contributed by atoms with van der Waals surface area (Å²) in [7, 11) is 0. The molecule has 0 fully saturated rings. The van der Waals surface area contributed by atoms with Crippen LogP contribution in [0.3, 0.4) is 0 Å². The van der Waals surface area contributed by atoms with Gasteiger partial charge in [-0.15, -0.1) is 0 Å². The van der Waals surface area contributed by atoms with Crippen molar-refractivity contribution in [3.63, 3.8) is 0 Å². The Kier molecular flexibility index (Phi) is 21.6. The number of anilines is 8. The van der Waals surface area contributed by atoms with Gasteiger partial charge in [-0.2, -0.15) is 0 Å². The predicted octanol–water partition coefficient (Wildman–Crippen LogP) is 33.9.